The number of furan rings is 1. The number of nitrogens with zero attached hydrogens (tertiary/aromatic N) is 3. The lowest BCUT2D eigenvalue weighted by atomic mass is 9.96. The molecule has 0 saturated carbocycles. The molecule has 11 rings (SSSR count). The fourth-order valence-corrected chi connectivity index (χ4v) is 8.78. The summed E-state index contributed by atoms with van der Waals surface area (Å²) >= 11 is 1.82. The number of hydrogen-bond donors (Lipinski definition) is 0. The van der Waals surface area contributed by atoms with Crippen molar-refractivity contribution >= 4 is 75.1 Å². The summed E-state index contributed by atoms with van der Waals surface area (Å²) in [5.74, 6) is 0.669. The van der Waals surface area contributed by atoms with Gasteiger partial charge in [-0.3, -0.25) is 0 Å². The average Bonchev–Trinajstić information content (AvgIpc) is 3.79. The van der Waals surface area contributed by atoms with Gasteiger partial charge in [0.2, 0.25) is 0 Å². The number of hydrogen-bond acceptors (Lipinski definition) is 5. The van der Waals surface area contributed by atoms with Crippen LogP contribution in [0.3, 0.4) is 0 Å². The normalized spacial score (nSPS) is 11.8. The molecule has 0 aliphatic heterocycles. The van der Waals surface area contributed by atoms with Gasteiger partial charge in [0.15, 0.2) is 5.82 Å². The molecule has 0 bridgehead atoms. The average molecular weight is 682 g/mol. The molecule has 0 atom stereocenters. The van der Waals surface area contributed by atoms with E-state index in [2.05, 4.69) is 133 Å². The summed E-state index contributed by atoms with van der Waals surface area (Å²) in [5.41, 5.74) is 9.39. The molecule has 0 spiro atoms. The Morgan fingerprint density at radius 2 is 1.13 bits per heavy atom. The van der Waals surface area contributed by atoms with Crippen LogP contribution in [0.15, 0.2) is 168 Å². The SMILES string of the molecule is c1ccc(-c2cc(-c3cccc4c3oc3ccccc34)nc(-c3ccc4sc5ccc6c(-c7ccccc7)nc7ccccc7c6c5c4c3)n2)cc1. The highest BCUT2D eigenvalue weighted by molar-refractivity contribution is 7.26. The lowest BCUT2D eigenvalue weighted by molar-refractivity contribution is 0.670. The number of para-hydroxylation sites is 3. The predicted octanol–water partition coefficient (Wildman–Crippen LogP) is 13.1. The minimum Gasteiger partial charge on any atom is -0.455 e. The van der Waals surface area contributed by atoms with Gasteiger partial charge in [-0.15, -0.1) is 11.3 Å². The van der Waals surface area contributed by atoms with Crippen LogP contribution in [0.1, 0.15) is 0 Å². The number of pyridine rings is 1. The molecule has 0 aliphatic carbocycles. The minimum atomic E-state index is 0.669. The van der Waals surface area contributed by atoms with Crippen LogP contribution in [-0.4, -0.2) is 15.0 Å². The van der Waals surface area contributed by atoms with Gasteiger partial charge in [-0.2, -0.15) is 0 Å². The van der Waals surface area contributed by atoms with E-state index < -0.39 is 0 Å². The van der Waals surface area contributed by atoms with E-state index in [1.807, 2.05) is 41.7 Å². The van der Waals surface area contributed by atoms with Crippen LogP contribution >= 0.6 is 11.3 Å². The first-order chi connectivity index (χ1) is 25.8. The number of thiophene rings is 1. The summed E-state index contributed by atoms with van der Waals surface area (Å²) < 4.78 is 8.94. The fourth-order valence-electron chi connectivity index (χ4n) is 7.68. The maximum atomic E-state index is 6.48. The first kappa shape index (κ1) is 29.1. The Morgan fingerprint density at radius 1 is 0.423 bits per heavy atom. The molecule has 7 aromatic carbocycles. The lowest BCUT2D eigenvalue weighted by Gasteiger charge is -2.12. The van der Waals surface area contributed by atoms with E-state index in [-0.39, 0.29) is 0 Å². The number of benzene rings is 7. The van der Waals surface area contributed by atoms with E-state index in [0.717, 1.165) is 77.6 Å². The molecule has 242 valence electrons. The Balaban J connectivity index is 1.18. The molecule has 0 N–H and O–H groups in total. The Hall–Kier alpha value is -6.69. The molecular formula is C47H27N3OS. The fraction of sp³-hybridized carbons (Fsp3) is 0. The second-order valence-corrected chi connectivity index (χ2v) is 14.2. The van der Waals surface area contributed by atoms with E-state index in [4.69, 9.17) is 19.4 Å². The lowest BCUT2D eigenvalue weighted by Crippen LogP contribution is -1.96. The monoisotopic (exact) mass is 681 g/mol. The van der Waals surface area contributed by atoms with Gasteiger partial charge in [0.25, 0.3) is 0 Å². The van der Waals surface area contributed by atoms with Crippen molar-refractivity contribution in [2.75, 3.05) is 0 Å². The van der Waals surface area contributed by atoms with E-state index in [9.17, 15) is 0 Å². The second-order valence-electron chi connectivity index (χ2n) is 13.1. The van der Waals surface area contributed by atoms with Crippen molar-refractivity contribution in [1.82, 2.24) is 15.0 Å². The van der Waals surface area contributed by atoms with E-state index >= 15 is 0 Å². The standard InChI is InChI=1S/C47H27N3OS/c1-3-12-28(13-4-1)38-27-39(34-19-11-18-32-31-16-8-10-21-40(31)51-46(32)34)50-47(49-38)30-22-24-41-36(26-30)44-42(52-41)25-23-35-43(44)33-17-7-9-20-37(33)48-45(35)29-14-5-2-6-15-29/h1-27H. The third-order valence-corrected chi connectivity index (χ3v) is 11.2. The molecule has 4 aromatic heterocycles. The van der Waals surface area contributed by atoms with Crippen molar-refractivity contribution in [3.05, 3.63) is 164 Å². The second kappa shape index (κ2) is 11.4. The molecule has 5 heteroatoms. The van der Waals surface area contributed by atoms with Gasteiger partial charge in [0, 0.05) is 69.4 Å². The topological polar surface area (TPSA) is 51.8 Å². The predicted molar refractivity (Wildman–Crippen MR) is 217 cm³/mol. The van der Waals surface area contributed by atoms with Crippen molar-refractivity contribution < 1.29 is 4.42 Å². The molecule has 0 fully saturated rings. The van der Waals surface area contributed by atoms with Crippen molar-refractivity contribution in [2.45, 2.75) is 0 Å². The summed E-state index contributed by atoms with van der Waals surface area (Å²) in [4.78, 5) is 15.7. The van der Waals surface area contributed by atoms with Crippen LogP contribution in [-0.2, 0) is 0 Å². The number of rotatable bonds is 4. The first-order valence-corrected chi connectivity index (χ1v) is 18.2. The van der Waals surface area contributed by atoms with Crippen molar-refractivity contribution in [3.8, 4) is 45.2 Å². The zero-order valence-electron chi connectivity index (χ0n) is 27.7. The van der Waals surface area contributed by atoms with E-state index in [0.29, 0.717) is 5.82 Å². The summed E-state index contributed by atoms with van der Waals surface area (Å²) in [6.07, 6.45) is 0. The highest BCUT2D eigenvalue weighted by atomic mass is 32.1. The van der Waals surface area contributed by atoms with Crippen LogP contribution in [0.4, 0.5) is 0 Å². The van der Waals surface area contributed by atoms with Gasteiger partial charge in [-0.1, -0.05) is 115 Å². The Kier molecular flexibility index (Phi) is 6.39. The highest BCUT2D eigenvalue weighted by Gasteiger charge is 2.19. The minimum absolute atomic E-state index is 0.669. The van der Waals surface area contributed by atoms with Gasteiger partial charge in [0.05, 0.1) is 22.6 Å². The first-order valence-electron chi connectivity index (χ1n) is 17.4. The van der Waals surface area contributed by atoms with Gasteiger partial charge in [-0.05, 0) is 48.5 Å². The van der Waals surface area contributed by atoms with Gasteiger partial charge >= 0.3 is 0 Å². The van der Waals surface area contributed by atoms with Crippen molar-refractivity contribution in [3.63, 3.8) is 0 Å². The van der Waals surface area contributed by atoms with Crippen molar-refractivity contribution in [2.24, 2.45) is 0 Å². The summed E-state index contributed by atoms with van der Waals surface area (Å²) in [5, 5.41) is 8.11. The summed E-state index contributed by atoms with van der Waals surface area (Å²) in [6, 6.07) is 57.0. The van der Waals surface area contributed by atoms with Gasteiger partial charge < -0.3 is 4.42 Å². The molecule has 11 aromatic rings. The third kappa shape index (κ3) is 4.50. The van der Waals surface area contributed by atoms with Crippen LogP contribution < -0.4 is 0 Å². The van der Waals surface area contributed by atoms with Crippen molar-refractivity contribution in [1.29, 1.82) is 0 Å². The van der Waals surface area contributed by atoms with E-state index in [1.165, 1.54) is 25.6 Å². The molecule has 0 radical (unpaired) electrons. The zero-order valence-corrected chi connectivity index (χ0v) is 28.6. The maximum Gasteiger partial charge on any atom is 0.160 e. The Morgan fingerprint density at radius 3 is 2.00 bits per heavy atom. The molecule has 4 heterocycles. The molecule has 0 unspecified atom stereocenters. The Bertz CT molecular complexity index is 3180. The highest BCUT2D eigenvalue weighted by Crippen LogP contribution is 2.44. The zero-order chi connectivity index (χ0) is 34.2. The smallest absolute Gasteiger partial charge is 0.160 e. The van der Waals surface area contributed by atoms with Crippen LogP contribution in [0, 0.1) is 0 Å². The quantitative estimate of drug-likeness (QED) is 0.174. The summed E-state index contributed by atoms with van der Waals surface area (Å²) in [6.45, 7) is 0. The van der Waals surface area contributed by atoms with Gasteiger partial charge in [-0.25, -0.2) is 15.0 Å². The van der Waals surface area contributed by atoms with E-state index in [1.54, 1.807) is 0 Å². The van der Waals surface area contributed by atoms with Crippen LogP contribution in [0.5, 0.6) is 0 Å². The molecular weight excluding hydrogens is 655 g/mol. The largest absolute Gasteiger partial charge is 0.455 e. The number of aromatic nitrogens is 3. The number of fused-ring (bicyclic) bond motifs is 10. The third-order valence-electron chi connectivity index (χ3n) is 10.1. The maximum absolute atomic E-state index is 6.48. The Labute approximate surface area is 302 Å². The molecule has 4 nitrogen and oxygen atoms in total. The molecule has 52 heavy (non-hydrogen) atoms. The van der Waals surface area contributed by atoms with Crippen LogP contribution in [0.2, 0.25) is 0 Å². The summed E-state index contributed by atoms with van der Waals surface area (Å²) in [7, 11) is 0. The van der Waals surface area contributed by atoms with Gasteiger partial charge in [0.1, 0.15) is 11.2 Å². The molecule has 0 saturated heterocycles. The molecule has 0 amide bonds. The van der Waals surface area contributed by atoms with Crippen LogP contribution in [0.25, 0.3) is 109 Å². The molecule has 0 aliphatic rings.